The highest BCUT2D eigenvalue weighted by molar-refractivity contribution is 6.17. The summed E-state index contributed by atoms with van der Waals surface area (Å²) in [5.41, 5.74) is 2.99. The Morgan fingerprint density at radius 2 is 1.71 bits per heavy atom. The summed E-state index contributed by atoms with van der Waals surface area (Å²) in [5.74, 6) is 0. The van der Waals surface area contributed by atoms with Crippen molar-refractivity contribution in [3.05, 3.63) is 45.5 Å². The van der Waals surface area contributed by atoms with Gasteiger partial charge >= 0.3 is 0 Å². The second-order valence-corrected chi connectivity index (χ2v) is 3.98. The molecule has 1 heterocycles. The number of halogens is 1. The molecule has 17 heavy (non-hydrogen) atoms. The molecule has 1 aromatic carbocycles. The molecule has 0 saturated heterocycles. The molecule has 1 aromatic rings. The van der Waals surface area contributed by atoms with Gasteiger partial charge in [0.15, 0.2) is 0 Å². The van der Waals surface area contributed by atoms with E-state index in [2.05, 4.69) is 29.2 Å². The first kappa shape index (κ1) is 13.7. The smallest absolute Gasteiger partial charge is 0.291 e. The zero-order valence-corrected chi connectivity index (χ0v) is 10.1. The summed E-state index contributed by atoms with van der Waals surface area (Å²) in [6.45, 7) is 2.20. The van der Waals surface area contributed by atoms with E-state index in [-0.39, 0.29) is 0 Å². The number of benzene rings is 1. The van der Waals surface area contributed by atoms with Crippen LogP contribution >= 0.6 is 11.6 Å². The third-order valence-corrected chi connectivity index (χ3v) is 3.02. The summed E-state index contributed by atoms with van der Waals surface area (Å²) >= 11 is 5.82. The van der Waals surface area contributed by atoms with Crippen LogP contribution in [0.25, 0.3) is 0 Å². The fraction of sp³-hybridized carbons (Fsp3) is 0.455. The van der Waals surface area contributed by atoms with Crippen molar-refractivity contribution in [1.82, 2.24) is 4.90 Å². The molecule has 0 atom stereocenters. The molecule has 1 aliphatic heterocycles. The molecule has 0 spiro atoms. The SMILES string of the molecule is ClCN1CCc2ccccc2CC1.O=[N+]([O-])O. The summed E-state index contributed by atoms with van der Waals surface area (Å²) in [7, 11) is 0. The van der Waals surface area contributed by atoms with Gasteiger partial charge in [0, 0.05) is 13.1 Å². The van der Waals surface area contributed by atoms with Crippen LogP contribution in [-0.4, -0.2) is 34.3 Å². The maximum atomic E-state index is 8.36. The van der Waals surface area contributed by atoms with Gasteiger partial charge in [-0.25, -0.2) is 0 Å². The lowest BCUT2D eigenvalue weighted by Crippen LogP contribution is -2.24. The van der Waals surface area contributed by atoms with E-state index in [1.54, 1.807) is 0 Å². The van der Waals surface area contributed by atoms with Crippen LogP contribution in [-0.2, 0) is 12.8 Å². The molecule has 0 saturated carbocycles. The summed E-state index contributed by atoms with van der Waals surface area (Å²) in [6.07, 6.45) is 2.28. The highest BCUT2D eigenvalue weighted by Gasteiger charge is 2.11. The van der Waals surface area contributed by atoms with E-state index >= 15 is 0 Å². The van der Waals surface area contributed by atoms with Gasteiger partial charge < -0.3 is 5.21 Å². The van der Waals surface area contributed by atoms with Gasteiger partial charge in [-0.05, 0) is 24.0 Å². The standard InChI is InChI=1S/C11H14ClN.HNO3/c12-9-13-7-5-10-3-1-2-4-11(10)6-8-13;2-1(3)4/h1-4H,5-9H2;(H,2,3,4). The van der Waals surface area contributed by atoms with Crippen LogP contribution in [0.4, 0.5) is 0 Å². The number of fused-ring (bicyclic) bond motifs is 1. The topological polar surface area (TPSA) is 66.6 Å². The molecular weight excluding hydrogens is 244 g/mol. The second kappa shape index (κ2) is 7.09. The Morgan fingerprint density at radius 3 is 2.06 bits per heavy atom. The minimum Gasteiger partial charge on any atom is -0.328 e. The summed E-state index contributed by atoms with van der Waals surface area (Å²) < 4.78 is 0. The molecule has 0 amide bonds. The number of rotatable bonds is 1. The first-order valence-corrected chi connectivity index (χ1v) is 5.85. The predicted octanol–water partition coefficient (Wildman–Crippen LogP) is 1.94. The van der Waals surface area contributed by atoms with E-state index in [0.29, 0.717) is 6.00 Å². The van der Waals surface area contributed by atoms with Crippen LogP contribution in [0.15, 0.2) is 24.3 Å². The van der Waals surface area contributed by atoms with Gasteiger partial charge in [0.05, 0.1) is 6.00 Å². The van der Waals surface area contributed by atoms with E-state index in [9.17, 15) is 0 Å². The van der Waals surface area contributed by atoms with Crippen molar-refractivity contribution in [2.24, 2.45) is 0 Å². The lowest BCUT2D eigenvalue weighted by molar-refractivity contribution is -0.742. The number of hydrogen-bond acceptors (Lipinski definition) is 3. The minimum atomic E-state index is -1.50. The normalized spacial score (nSPS) is 15.1. The number of hydrogen-bond donors (Lipinski definition) is 1. The molecule has 1 N–H and O–H groups in total. The molecule has 0 radical (unpaired) electrons. The Hall–Kier alpha value is -1.33. The van der Waals surface area contributed by atoms with Crippen molar-refractivity contribution in [1.29, 1.82) is 0 Å². The van der Waals surface area contributed by atoms with Gasteiger partial charge in [0.2, 0.25) is 0 Å². The maximum absolute atomic E-state index is 8.36. The van der Waals surface area contributed by atoms with Crippen LogP contribution in [0.3, 0.4) is 0 Å². The van der Waals surface area contributed by atoms with Crippen LogP contribution in [0, 0.1) is 10.1 Å². The van der Waals surface area contributed by atoms with Crippen LogP contribution in [0.2, 0.25) is 0 Å². The number of alkyl halides is 1. The van der Waals surface area contributed by atoms with Gasteiger partial charge in [-0.15, -0.1) is 21.7 Å². The van der Waals surface area contributed by atoms with E-state index < -0.39 is 5.09 Å². The molecule has 5 nitrogen and oxygen atoms in total. The van der Waals surface area contributed by atoms with Crippen molar-refractivity contribution >= 4 is 11.6 Å². The summed E-state index contributed by atoms with van der Waals surface area (Å²) in [6, 6.07) is 9.36. The highest BCUT2D eigenvalue weighted by atomic mass is 35.5. The first-order valence-electron chi connectivity index (χ1n) is 5.32. The molecule has 0 aliphatic carbocycles. The van der Waals surface area contributed by atoms with Crippen molar-refractivity contribution in [2.45, 2.75) is 12.8 Å². The fourth-order valence-electron chi connectivity index (χ4n) is 1.83. The van der Waals surface area contributed by atoms with Gasteiger partial charge in [-0.1, -0.05) is 24.3 Å². The van der Waals surface area contributed by atoms with Crippen molar-refractivity contribution in [2.75, 3.05) is 19.1 Å². The monoisotopic (exact) mass is 258 g/mol. The molecule has 0 bridgehead atoms. The highest BCUT2D eigenvalue weighted by Crippen LogP contribution is 2.15. The fourth-order valence-corrected chi connectivity index (χ4v) is 2.07. The molecule has 6 heteroatoms. The third kappa shape index (κ3) is 5.01. The molecular formula is C11H15ClN2O3. The van der Waals surface area contributed by atoms with Crippen LogP contribution < -0.4 is 0 Å². The largest absolute Gasteiger partial charge is 0.328 e. The van der Waals surface area contributed by atoms with Crippen molar-refractivity contribution < 1.29 is 10.3 Å². The lowest BCUT2D eigenvalue weighted by Gasteiger charge is -2.14. The van der Waals surface area contributed by atoms with Gasteiger partial charge in [0.1, 0.15) is 0 Å². The van der Waals surface area contributed by atoms with Gasteiger partial charge in [-0.2, -0.15) is 0 Å². The zero-order valence-electron chi connectivity index (χ0n) is 9.38. The molecule has 94 valence electrons. The van der Waals surface area contributed by atoms with Gasteiger partial charge in [-0.3, -0.25) is 4.90 Å². The molecule has 0 fully saturated rings. The number of nitrogens with zero attached hydrogens (tertiary/aromatic N) is 2. The average molecular weight is 259 g/mol. The Kier molecular flexibility index (Phi) is 5.72. The Bertz CT molecular complexity index is 342. The lowest BCUT2D eigenvalue weighted by atomic mass is 10.0. The Balaban J connectivity index is 0.000000317. The molecule has 0 aromatic heterocycles. The predicted molar refractivity (Wildman–Crippen MR) is 64.9 cm³/mol. The summed E-state index contributed by atoms with van der Waals surface area (Å²) in [4.78, 5) is 10.7. The van der Waals surface area contributed by atoms with Gasteiger partial charge in [0.25, 0.3) is 5.09 Å². The summed E-state index contributed by atoms with van der Waals surface area (Å²) in [5, 5.41) is 13.6. The molecule has 2 rings (SSSR count). The van der Waals surface area contributed by atoms with Crippen molar-refractivity contribution in [3.8, 4) is 0 Å². The Morgan fingerprint density at radius 1 is 1.29 bits per heavy atom. The first-order chi connectivity index (χ1) is 8.13. The third-order valence-electron chi connectivity index (χ3n) is 2.68. The maximum Gasteiger partial charge on any atom is 0.291 e. The van der Waals surface area contributed by atoms with E-state index in [4.69, 9.17) is 26.9 Å². The molecule has 0 unspecified atom stereocenters. The second-order valence-electron chi connectivity index (χ2n) is 3.74. The van der Waals surface area contributed by atoms with E-state index in [1.807, 2.05) is 0 Å². The zero-order chi connectivity index (χ0) is 12.7. The minimum absolute atomic E-state index is 0.661. The van der Waals surface area contributed by atoms with Crippen molar-refractivity contribution in [3.63, 3.8) is 0 Å². The Labute approximate surface area is 105 Å². The van der Waals surface area contributed by atoms with Crippen LogP contribution in [0.1, 0.15) is 11.1 Å². The quantitative estimate of drug-likeness (QED) is 0.362. The molecule has 1 aliphatic rings. The van der Waals surface area contributed by atoms with E-state index in [1.165, 1.54) is 11.1 Å². The van der Waals surface area contributed by atoms with E-state index in [0.717, 1.165) is 25.9 Å². The van der Waals surface area contributed by atoms with Crippen LogP contribution in [0.5, 0.6) is 0 Å². The average Bonchev–Trinajstić information content (AvgIpc) is 2.50.